The Morgan fingerprint density at radius 1 is 1.05 bits per heavy atom. The highest BCUT2D eigenvalue weighted by molar-refractivity contribution is 6.31. The summed E-state index contributed by atoms with van der Waals surface area (Å²) in [5, 5.41) is 6.27. The molecule has 0 radical (unpaired) electrons. The molecule has 3 aromatic rings. The lowest BCUT2D eigenvalue weighted by Gasteiger charge is -2.25. The number of carbonyl (C=O) groups is 3. The van der Waals surface area contributed by atoms with Crippen LogP contribution in [0.1, 0.15) is 46.0 Å². The van der Waals surface area contributed by atoms with Crippen LogP contribution in [0, 0.1) is 6.92 Å². The summed E-state index contributed by atoms with van der Waals surface area (Å²) in [6.45, 7) is 3.30. The predicted octanol–water partition coefficient (Wildman–Crippen LogP) is 5.26. The van der Waals surface area contributed by atoms with E-state index in [9.17, 15) is 14.4 Å². The Balaban J connectivity index is 1.34. The van der Waals surface area contributed by atoms with Crippen molar-refractivity contribution in [2.75, 3.05) is 18.5 Å². The first-order chi connectivity index (χ1) is 18.9. The third-order valence-corrected chi connectivity index (χ3v) is 7.17. The molecule has 2 saturated heterocycles. The maximum Gasteiger partial charge on any atom is 0.411 e. The number of hydrogen-bond acceptors (Lipinski definition) is 5. The van der Waals surface area contributed by atoms with Crippen molar-refractivity contribution in [1.82, 2.24) is 10.2 Å². The Morgan fingerprint density at radius 2 is 1.82 bits per heavy atom. The molecule has 3 aromatic carbocycles. The van der Waals surface area contributed by atoms with Gasteiger partial charge in [0.2, 0.25) is 5.91 Å². The van der Waals surface area contributed by atoms with Crippen molar-refractivity contribution in [3.63, 3.8) is 0 Å². The Morgan fingerprint density at radius 3 is 2.51 bits per heavy atom. The van der Waals surface area contributed by atoms with E-state index in [0.717, 1.165) is 24.0 Å². The van der Waals surface area contributed by atoms with E-state index in [-0.39, 0.29) is 24.5 Å². The van der Waals surface area contributed by atoms with Crippen LogP contribution in [0.3, 0.4) is 0 Å². The van der Waals surface area contributed by atoms with Gasteiger partial charge in [-0.1, -0.05) is 59.6 Å². The Hall–Kier alpha value is -3.88. The van der Waals surface area contributed by atoms with Gasteiger partial charge in [-0.3, -0.25) is 14.5 Å². The second kappa shape index (κ2) is 11.9. The first-order valence-corrected chi connectivity index (χ1v) is 13.3. The second-order valence-corrected chi connectivity index (χ2v) is 10.3. The summed E-state index contributed by atoms with van der Waals surface area (Å²) in [5.41, 5.74) is 3.64. The number of benzene rings is 3. The van der Waals surface area contributed by atoms with Crippen LogP contribution in [-0.4, -0.2) is 48.1 Å². The van der Waals surface area contributed by atoms with Crippen LogP contribution in [0.25, 0.3) is 0 Å². The van der Waals surface area contributed by atoms with E-state index in [1.807, 2.05) is 31.2 Å². The molecule has 0 saturated carbocycles. The van der Waals surface area contributed by atoms with Gasteiger partial charge in [-0.25, -0.2) is 4.79 Å². The molecule has 0 unspecified atom stereocenters. The van der Waals surface area contributed by atoms with Crippen LogP contribution in [0.2, 0.25) is 5.02 Å². The number of nitrogens with one attached hydrogen (secondary N) is 2. The SMILES string of the molecule is Cc1ccc(CN2C(=O)O[C@H](c3ccc(NC(=O)c4cccc(Cl)c4)cc3)[C@@H]2C(=O)NC[C@@H]2CCCO2)cc1. The van der Waals surface area contributed by atoms with E-state index in [1.54, 1.807) is 48.5 Å². The van der Waals surface area contributed by atoms with Crippen molar-refractivity contribution >= 4 is 35.2 Å². The van der Waals surface area contributed by atoms with E-state index in [0.29, 0.717) is 35.0 Å². The summed E-state index contributed by atoms with van der Waals surface area (Å²) in [5.74, 6) is -0.597. The summed E-state index contributed by atoms with van der Waals surface area (Å²) in [7, 11) is 0. The molecule has 0 aromatic heterocycles. The molecule has 2 heterocycles. The number of carbonyl (C=O) groups excluding carboxylic acids is 3. The lowest BCUT2D eigenvalue weighted by atomic mass is 10.00. The number of nitrogens with zero attached hydrogens (tertiary/aromatic N) is 1. The minimum atomic E-state index is -0.868. The van der Waals surface area contributed by atoms with Gasteiger partial charge >= 0.3 is 6.09 Å². The molecule has 39 heavy (non-hydrogen) atoms. The highest BCUT2D eigenvalue weighted by Gasteiger charge is 2.47. The van der Waals surface area contributed by atoms with Crippen molar-refractivity contribution in [1.29, 1.82) is 0 Å². The van der Waals surface area contributed by atoms with Gasteiger partial charge in [-0.2, -0.15) is 0 Å². The van der Waals surface area contributed by atoms with Crippen LogP contribution in [0.4, 0.5) is 10.5 Å². The van der Waals surface area contributed by atoms with Crippen LogP contribution >= 0.6 is 11.6 Å². The predicted molar refractivity (Wildman–Crippen MR) is 148 cm³/mol. The molecule has 3 amide bonds. The number of aryl methyl sites for hydroxylation is 1. The molecule has 2 aliphatic heterocycles. The second-order valence-electron chi connectivity index (χ2n) is 9.83. The number of ether oxygens (including phenoxy) is 2. The Labute approximate surface area is 232 Å². The molecule has 2 N–H and O–H groups in total. The Bertz CT molecular complexity index is 1340. The van der Waals surface area contributed by atoms with Gasteiger partial charge in [0.25, 0.3) is 5.91 Å². The number of amides is 3. The van der Waals surface area contributed by atoms with Crippen LogP contribution < -0.4 is 10.6 Å². The molecule has 2 fully saturated rings. The van der Waals surface area contributed by atoms with Crippen molar-refractivity contribution in [2.45, 2.75) is 44.6 Å². The third-order valence-electron chi connectivity index (χ3n) is 6.94. The zero-order valence-electron chi connectivity index (χ0n) is 21.6. The van der Waals surface area contributed by atoms with E-state index >= 15 is 0 Å². The quantitative estimate of drug-likeness (QED) is 0.401. The minimum Gasteiger partial charge on any atom is -0.438 e. The Kier molecular flexibility index (Phi) is 8.14. The molecular weight excluding hydrogens is 518 g/mol. The van der Waals surface area contributed by atoms with Crippen molar-refractivity contribution < 1.29 is 23.9 Å². The molecule has 2 aliphatic rings. The average molecular weight is 548 g/mol. The molecule has 8 nitrogen and oxygen atoms in total. The topological polar surface area (TPSA) is 97.0 Å². The monoisotopic (exact) mass is 547 g/mol. The number of hydrogen-bond donors (Lipinski definition) is 2. The molecule has 0 aliphatic carbocycles. The zero-order valence-corrected chi connectivity index (χ0v) is 22.3. The number of halogens is 1. The molecule has 0 bridgehead atoms. The minimum absolute atomic E-state index is 0.0293. The van der Waals surface area contributed by atoms with Gasteiger partial charge in [0.15, 0.2) is 12.1 Å². The lowest BCUT2D eigenvalue weighted by molar-refractivity contribution is -0.126. The van der Waals surface area contributed by atoms with Gasteiger partial charge in [0, 0.05) is 29.4 Å². The highest BCUT2D eigenvalue weighted by Crippen LogP contribution is 2.34. The highest BCUT2D eigenvalue weighted by atomic mass is 35.5. The fraction of sp³-hybridized carbons (Fsp3) is 0.300. The van der Waals surface area contributed by atoms with Gasteiger partial charge in [-0.15, -0.1) is 0 Å². The zero-order chi connectivity index (χ0) is 27.4. The fourth-order valence-electron chi connectivity index (χ4n) is 4.81. The third kappa shape index (κ3) is 6.41. The molecule has 3 atom stereocenters. The number of rotatable bonds is 8. The number of anilines is 1. The van der Waals surface area contributed by atoms with E-state index < -0.39 is 18.2 Å². The van der Waals surface area contributed by atoms with Crippen molar-refractivity contribution in [3.8, 4) is 0 Å². The maximum atomic E-state index is 13.5. The van der Waals surface area contributed by atoms with Gasteiger partial charge in [0.1, 0.15) is 0 Å². The maximum absolute atomic E-state index is 13.5. The summed E-state index contributed by atoms with van der Waals surface area (Å²) < 4.78 is 11.4. The fourth-order valence-corrected chi connectivity index (χ4v) is 5.00. The molecule has 202 valence electrons. The standard InChI is InChI=1S/C30H30ClN3O5/c1-19-7-9-20(10-8-19)18-34-26(29(36)32-17-25-6-3-15-38-25)27(39-30(34)37)21-11-13-24(14-12-21)33-28(35)22-4-2-5-23(31)16-22/h2,4-5,7-14,16,25-27H,3,6,15,17-18H2,1H3,(H,32,36)(H,33,35)/t25-,26+,27+/m0/s1. The molecular formula is C30H30ClN3O5. The van der Waals surface area contributed by atoms with E-state index in [1.165, 1.54) is 4.90 Å². The summed E-state index contributed by atoms with van der Waals surface area (Å²) in [6, 6.07) is 20.6. The molecule has 5 rings (SSSR count). The van der Waals surface area contributed by atoms with Gasteiger partial charge in [-0.05, 0) is 61.2 Å². The smallest absolute Gasteiger partial charge is 0.411 e. The number of cyclic esters (lactones) is 1. The van der Waals surface area contributed by atoms with Gasteiger partial charge < -0.3 is 20.1 Å². The van der Waals surface area contributed by atoms with Crippen LogP contribution in [-0.2, 0) is 20.8 Å². The molecule has 0 spiro atoms. The first kappa shape index (κ1) is 26.7. The molecule has 9 heteroatoms. The van der Waals surface area contributed by atoms with E-state index in [4.69, 9.17) is 21.1 Å². The average Bonchev–Trinajstić information content (AvgIpc) is 3.57. The largest absolute Gasteiger partial charge is 0.438 e. The van der Waals surface area contributed by atoms with Crippen molar-refractivity contribution in [2.24, 2.45) is 0 Å². The normalized spacial score (nSPS) is 20.5. The van der Waals surface area contributed by atoms with Crippen LogP contribution in [0.15, 0.2) is 72.8 Å². The van der Waals surface area contributed by atoms with E-state index in [2.05, 4.69) is 10.6 Å². The summed E-state index contributed by atoms with van der Waals surface area (Å²) in [6.07, 6.45) is 0.451. The summed E-state index contributed by atoms with van der Waals surface area (Å²) >= 11 is 6.00. The van der Waals surface area contributed by atoms with Crippen molar-refractivity contribution in [3.05, 3.63) is 100 Å². The lowest BCUT2D eigenvalue weighted by Crippen LogP contribution is -2.47. The summed E-state index contributed by atoms with van der Waals surface area (Å²) in [4.78, 5) is 40.6. The first-order valence-electron chi connectivity index (χ1n) is 13.0. The van der Waals surface area contributed by atoms with Gasteiger partial charge in [0.05, 0.1) is 12.6 Å². The van der Waals surface area contributed by atoms with Crippen LogP contribution in [0.5, 0.6) is 0 Å².